The highest BCUT2D eigenvalue weighted by Gasteiger charge is 2.24. The molecule has 4 heteroatoms. The van der Waals surface area contributed by atoms with Crippen LogP contribution in [-0.4, -0.2) is 24.7 Å². The summed E-state index contributed by atoms with van der Waals surface area (Å²) < 4.78 is 5.43. The van der Waals surface area contributed by atoms with Crippen LogP contribution in [0.15, 0.2) is 42.5 Å². The van der Waals surface area contributed by atoms with Gasteiger partial charge in [0.15, 0.2) is 0 Å². The van der Waals surface area contributed by atoms with Crippen LogP contribution in [0.2, 0.25) is 0 Å². The van der Waals surface area contributed by atoms with E-state index in [1.165, 1.54) is 0 Å². The van der Waals surface area contributed by atoms with Gasteiger partial charge in [-0.1, -0.05) is 51.1 Å². The van der Waals surface area contributed by atoms with E-state index in [0.29, 0.717) is 17.9 Å². The molecule has 2 aromatic carbocycles. The zero-order chi connectivity index (χ0) is 17.7. The zero-order valence-electron chi connectivity index (χ0n) is 14.7. The summed E-state index contributed by atoms with van der Waals surface area (Å²) in [6, 6.07) is 13.7. The molecule has 0 saturated carbocycles. The largest absolute Gasteiger partial charge is 0.496 e. The molecule has 4 nitrogen and oxygen atoms in total. The first kappa shape index (κ1) is 18.0. The number of anilines is 1. The van der Waals surface area contributed by atoms with Crippen LogP contribution >= 0.6 is 0 Å². The standard InChI is InChI=1S/C20H25NO3/c1-20(2,3)19(23)21-18-15(14-8-6-5-7-9-14)10-11-17(24-4)16(18)12-13-22/h5-11,22H,12-13H2,1-4H3,(H,21,23). The van der Waals surface area contributed by atoms with Gasteiger partial charge in [0.2, 0.25) is 5.91 Å². The van der Waals surface area contributed by atoms with Gasteiger partial charge in [-0.15, -0.1) is 0 Å². The summed E-state index contributed by atoms with van der Waals surface area (Å²) in [6.07, 6.45) is 0.406. The third-order valence-electron chi connectivity index (χ3n) is 3.86. The minimum Gasteiger partial charge on any atom is -0.496 e. The predicted octanol–water partition coefficient (Wildman–Crippen LogP) is 3.88. The molecule has 2 N–H and O–H groups in total. The van der Waals surface area contributed by atoms with Crippen molar-refractivity contribution in [3.8, 4) is 16.9 Å². The van der Waals surface area contributed by atoms with Gasteiger partial charge in [-0.05, 0) is 17.7 Å². The number of hydrogen-bond donors (Lipinski definition) is 2. The van der Waals surface area contributed by atoms with Crippen molar-refractivity contribution < 1.29 is 14.6 Å². The summed E-state index contributed by atoms with van der Waals surface area (Å²) in [4.78, 5) is 12.6. The number of carbonyl (C=O) groups excluding carboxylic acids is 1. The molecule has 0 atom stereocenters. The van der Waals surface area contributed by atoms with Crippen LogP contribution in [0.4, 0.5) is 5.69 Å². The lowest BCUT2D eigenvalue weighted by Gasteiger charge is -2.23. The fraction of sp³-hybridized carbons (Fsp3) is 0.350. The van der Waals surface area contributed by atoms with Crippen LogP contribution in [0.1, 0.15) is 26.3 Å². The highest BCUT2D eigenvalue weighted by Crippen LogP contribution is 2.37. The lowest BCUT2D eigenvalue weighted by Crippen LogP contribution is -2.28. The van der Waals surface area contributed by atoms with Crippen molar-refractivity contribution in [2.24, 2.45) is 5.41 Å². The molecule has 0 heterocycles. The molecule has 0 unspecified atom stereocenters. The van der Waals surface area contributed by atoms with Crippen molar-refractivity contribution in [3.05, 3.63) is 48.0 Å². The molecule has 0 spiro atoms. The van der Waals surface area contributed by atoms with Gasteiger partial charge in [0.05, 0.1) is 12.8 Å². The molecule has 0 fully saturated rings. The highest BCUT2D eigenvalue weighted by molar-refractivity contribution is 5.99. The molecule has 24 heavy (non-hydrogen) atoms. The summed E-state index contributed by atoms with van der Waals surface area (Å²) in [5.74, 6) is 0.583. The number of benzene rings is 2. The minimum absolute atomic E-state index is 0.0208. The van der Waals surface area contributed by atoms with Crippen LogP contribution in [0, 0.1) is 5.41 Å². The normalized spacial score (nSPS) is 11.2. The second-order valence-corrected chi connectivity index (χ2v) is 6.71. The maximum Gasteiger partial charge on any atom is 0.229 e. The first-order valence-corrected chi connectivity index (χ1v) is 8.06. The van der Waals surface area contributed by atoms with Gasteiger partial charge >= 0.3 is 0 Å². The van der Waals surface area contributed by atoms with Crippen molar-refractivity contribution in [3.63, 3.8) is 0 Å². The van der Waals surface area contributed by atoms with Crippen molar-refractivity contribution in [2.75, 3.05) is 19.0 Å². The Bertz CT molecular complexity index is 703. The Kier molecular flexibility index (Phi) is 5.62. The van der Waals surface area contributed by atoms with E-state index < -0.39 is 5.41 Å². The van der Waals surface area contributed by atoms with Crippen molar-refractivity contribution >= 4 is 11.6 Å². The second-order valence-electron chi connectivity index (χ2n) is 6.71. The van der Waals surface area contributed by atoms with E-state index in [4.69, 9.17) is 4.74 Å². The number of hydrogen-bond acceptors (Lipinski definition) is 3. The lowest BCUT2D eigenvalue weighted by molar-refractivity contribution is -0.123. The van der Waals surface area contributed by atoms with Crippen molar-refractivity contribution in [1.29, 1.82) is 0 Å². The van der Waals surface area contributed by atoms with E-state index in [9.17, 15) is 9.90 Å². The van der Waals surface area contributed by atoms with Gasteiger partial charge < -0.3 is 15.2 Å². The summed E-state index contributed by atoms with van der Waals surface area (Å²) in [5, 5.41) is 12.5. The Hall–Kier alpha value is -2.33. The highest BCUT2D eigenvalue weighted by atomic mass is 16.5. The van der Waals surface area contributed by atoms with Gasteiger partial charge in [0.25, 0.3) is 0 Å². The number of aliphatic hydroxyl groups excluding tert-OH is 1. The Balaban J connectivity index is 2.62. The van der Waals surface area contributed by atoms with E-state index in [1.807, 2.05) is 63.2 Å². The minimum atomic E-state index is -0.520. The summed E-state index contributed by atoms with van der Waals surface area (Å²) in [5.41, 5.74) is 2.91. The number of amides is 1. The van der Waals surface area contributed by atoms with E-state index >= 15 is 0 Å². The van der Waals surface area contributed by atoms with Gasteiger partial charge in [0, 0.05) is 29.6 Å². The van der Waals surface area contributed by atoms with Crippen molar-refractivity contribution in [2.45, 2.75) is 27.2 Å². The number of methoxy groups -OCH3 is 1. The van der Waals surface area contributed by atoms with Gasteiger partial charge in [-0.2, -0.15) is 0 Å². The summed E-state index contributed by atoms with van der Waals surface area (Å²) in [6.45, 7) is 5.59. The van der Waals surface area contributed by atoms with E-state index in [1.54, 1.807) is 7.11 Å². The molecule has 0 radical (unpaired) electrons. The predicted molar refractivity (Wildman–Crippen MR) is 97.3 cm³/mol. The van der Waals surface area contributed by atoms with E-state index in [-0.39, 0.29) is 12.5 Å². The van der Waals surface area contributed by atoms with Crippen LogP contribution in [0.5, 0.6) is 5.75 Å². The number of aliphatic hydroxyl groups is 1. The van der Waals surface area contributed by atoms with Gasteiger partial charge in [-0.3, -0.25) is 4.79 Å². The van der Waals surface area contributed by atoms with Crippen LogP contribution in [0.3, 0.4) is 0 Å². The van der Waals surface area contributed by atoms with Crippen molar-refractivity contribution in [1.82, 2.24) is 0 Å². The molecule has 2 aromatic rings. The van der Waals surface area contributed by atoms with Gasteiger partial charge in [-0.25, -0.2) is 0 Å². The quantitative estimate of drug-likeness (QED) is 0.876. The summed E-state index contributed by atoms with van der Waals surface area (Å²) >= 11 is 0. The lowest BCUT2D eigenvalue weighted by atomic mass is 9.93. The smallest absolute Gasteiger partial charge is 0.229 e. The number of carbonyl (C=O) groups is 1. The third kappa shape index (κ3) is 3.95. The average molecular weight is 327 g/mol. The first-order valence-electron chi connectivity index (χ1n) is 8.06. The Labute approximate surface area is 143 Å². The average Bonchev–Trinajstić information content (AvgIpc) is 2.56. The molecule has 0 aliphatic carbocycles. The van der Waals surface area contributed by atoms with E-state index in [2.05, 4.69) is 5.32 Å². The molecule has 0 aliphatic heterocycles. The number of ether oxygens (including phenoxy) is 1. The molecule has 0 saturated heterocycles. The number of rotatable bonds is 5. The molecule has 2 rings (SSSR count). The molecule has 0 aliphatic rings. The molecular weight excluding hydrogens is 302 g/mol. The Morgan fingerprint density at radius 2 is 1.79 bits per heavy atom. The summed E-state index contributed by atoms with van der Waals surface area (Å²) in [7, 11) is 1.59. The first-order chi connectivity index (χ1) is 11.4. The molecular formula is C20H25NO3. The molecule has 128 valence electrons. The SMILES string of the molecule is COc1ccc(-c2ccccc2)c(NC(=O)C(C)(C)C)c1CCO. The van der Waals surface area contributed by atoms with Crippen LogP contribution in [0.25, 0.3) is 11.1 Å². The topological polar surface area (TPSA) is 58.6 Å². The molecule has 0 aromatic heterocycles. The Morgan fingerprint density at radius 3 is 2.33 bits per heavy atom. The van der Waals surface area contributed by atoms with Gasteiger partial charge in [0.1, 0.15) is 5.75 Å². The molecule has 1 amide bonds. The van der Waals surface area contributed by atoms with Crippen LogP contribution in [-0.2, 0) is 11.2 Å². The second kappa shape index (κ2) is 7.49. The Morgan fingerprint density at radius 1 is 1.12 bits per heavy atom. The number of nitrogens with one attached hydrogen (secondary N) is 1. The third-order valence-corrected chi connectivity index (χ3v) is 3.86. The zero-order valence-corrected chi connectivity index (χ0v) is 14.7. The maximum atomic E-state index is 12.6. The van der Waals surface area contributed by atoms with Crippen LogP contribution < -0.4 is 10.1 Å². The van der Waals surface area contributed by atoms with E-state index in [0.717, 1.165) is 16.7 Å². The fourth-order valence-electron chi connectivity index (χ4n) is 2.48. The molecule has 0 bridgehead atoms. The monoisotopic (exact) mass is 327 g/mol. The maximum absolute atomic E-state index is 12.6. The fourth-order valence-corrected chi connectivity index (χ4v) is 2.48.